The first-order chi connectivity index (χ1) is 18.0. The highest BCUT2D eigenvalue weighted by molar-refractivity contribution is 6.02. The van der Waals surface area contributed by atoms with E-state index in [9.17, 15) is 27.6 Å². The van der Waals surface area contributed by atoms with Gasteiger partial charge in [0, 0.05) is 23.5 Å². The van der Waals surface area contributed by atoms with Gasteiger partial charge in [-0.15, -0.1) is 0 Å². The molecule has 3 aromatic carbocycles. The van der Waals surface area contributed by atoms with Gasteiger partial charge in [0.15, 0.2) is 0 Å². The lowest BCUT2D eigenvalue weighted by Gasteiger charge is -2.28. The number of hydrogen-bond donors (Lipinski definition) is 2. The minimum Gasteiger partial charge on any atom is -0.467 e. The summed E-state index contributed by atoms with van der Waals surface area (Å²) in [5.41, 5.74) is 2.48. The van der Waals surface area contributed by atoms with Crippen LogP contribution in [0.3, 0.4) is 0 Å². The number of methoxy groups -OCH3 is 1. The van der Waals surface area contributed by atoms with E-state index >= 15 is 0 Å². The minimum atomic E-state index is -4.51. The maximum absolute atomic E-state index is 13.1. The highest BCUT2D eigenvalue weighted by atomic mass is 19.4. The standard InChI is InChI=1S/C28H26F3N3O4/c1-16(2)24(26(36)38-3)34-15-19-8-7-18(13-23(19)25(34)35)17-9-11-21(12-10-17)32-27(37)33-22-6-4-5-20(14-22)28(29,30)31/h4-14,16,24H,15H2,1-3H3,(H2,32,33,37). The number of hydrogen-bond acceptors (Lipinski definition) is 4. The Bertz CT molecular complexity index is 1370. The molecule has 1 aliphatic heterocycles. The SMILES string of the molecule is COC(=O)C(C(C)C)N1Cc2ccc(-c3ccc(NC(=O)Nc4cccc(C(F)(F)F)c4)cc3)cc2C1=O. The molecule has 0 aliphatic carbocycles. The summed E-state index contributed by atoms with van der Waals surface area (Å²) in [6.07, 6.45) is -4.51. The molecule has 0 aromatic heterocycles. The quantitative estimate of drug-likeness (QED) is 0.377. The number of nitrogens with zero attached hydrogens (tertiary/aromatic N) is 1. The fourth-order valence-electron chi connectivity index (χ4n) is 4.42. The van der Waals surface area contributed by atoms with E-state index in [4.69, 9.17) is 4.74 Å². The average molecular weight is 526 g/mol. The molecule has 1 aliphatic rings. The summed E-state index contributed by atoms with van der Waals surface area (Å²) in [6.45, 7) is 4.04. The summed E-state index contributed by atoms with van der Waals surface area (Å²) < 4.78 is 43.6. The van der Waals surface area contributed by atoms with Crippen molar-refractivity contribution in [1.29, 1.82) is 0 Å². The van der Waals surface area contributed by atoms with E-state index in [1.807, 2.05) is 26.0 Å². The van der Waals surface area contributed by atoms with Crippen molar-refractivity contribution in [3.05, 3.63) is 83.4 Å². The molecule has 1 unspecified atom stereocenters. The fraction of sp³-hybridized carbons (Fsp3) is 0.250. The molecule has 10 heteroatoms. The lowest BCUT2D eigenvalue weighted by molar-refractivity contribution is -0.147. The van der Waals surface area contributed by atoms with Crippen molar-refractivity contribution in [1.82, 2.24) is 4.90 Å². The predicted octanol–water partition coefficient (Wildman–Crippen LogP) is 6.17. The maximum Gasteiger partial charge on any atom is 0.416 e. The highest BCUT2D eigenvalue weighted by Gasteiger charge is 2.38. The average Bonchev–Trinajstić information content (AvgIpc) is 3.19. The molecular formula is C28H26F3N3O4. The van der Waals surface area contributed by atoms with Crippen LogP contribution in [0.25, 0.3) is 11.1 Å². The van der Waals surface area contributed by atoms with Gasteiger partial charge in [-0.25, -0.2) is 9.59 Å². The summed E-state index contributed by atoms with van der Waals surface area (Å²) in [6, 6.07) is 15.3. The zero-order valence-electron chi connectivity index (χ0n) is 20.9. The van der Waals surface area contributed by atoms with E-state index < -0.39 is 29.8 Å². The Balaban J connectivity index is 1.45. The second kappa shape index (κ2) is 10.6. The summed E-state index contributed by atoms with van der Waals surface area (Å²) in [5, 5.41) is 4.98. The summed E-state index contributed by atoms with van der Waals surface area (Å²) in [5.74, 6) is -0.817. The van der Waals surface area contributed by atoms with E-state index in [1.54, 1.807) is 30.3 Å². The van der Waals surface area contributed by atoms with Gasteiger partial charge in [0.05, 0.1) is 12.7 Å². The second-order valence-electron chi connectivity index (χ2n) is 9.25. The molecule has 7 nitrogen and oxygen atoms in total. The molecule has 1 atom stereocenters. The van der Waals surface area contributed by atoms with Crippen LogP contribution in [0.1, 0.15) is 35.3 Å². The van der Waals surface area contributed by atoms with Crippen molar-refractivity contribution in [2.45, 2.75) is 32.6 Å². The predicted molar refractivity (Wildman–Crippen MR) is 136 cm³/mol. The van der Waals surface area contributed by atoms with Crippen molar-refractivity contribution in [2.75, 3.05) is 17.7 Å². The number of halogens is 3. The number of rotatable bonds is 6. The third-order valence-electron chi connectivity index (χ3n) is 6.28. The molecule has 2 N–H and O–H groups in total. The summed E-state index contributed by atoms with van der Waals surface area (Å²) in [4.78, 5) is 39.3. The first-order valence-corrected chi connectivity index (χ1v) is 11.9. The smallest absolute Gasteiger partial charge is 0.416 e. The van der Waals surface area contributed by atoms with Crippen LogP contribution in [0, 0.1) is 5.92 Å². The second-order valence-corrected chi connectivity index (χ2v) is 9.25. The Morgan fingerprint density at radius 1 is 0.921 bits per heavy atom. The van der Waals surface area contributed by atoms with Gasteiger partial charge >= 0.3 is 18.2 Å². The molecule has 1 heterocycles. The van der Waals surface area contributed by atoms with Gasteiger partial charge < -0.3 is 20.3 Å². The molecule has 0 spiro atoms. The number of urea groups is 1. The Hall–Kier alpha value is -4.34. The number of nitrogens with one attached hydrogen (secondary N) is 2. The monoisotopic (exact) mass is 525 g/mol. The van der Waals surface area contributed by atoms with Gasteiger partial charge in [-0.05, 0) is 59.0 Å². The van der Waals surface area contributed by atoms with Gasteiger partial charge in [0.2, 0.25) is 0 Å². The molecule has 0 radical (unpaired) electrons. The summed E-state index contributed by atoms with van der Waals surface area (Å²) in [7, 11) is 1.30. The molecule has 3 aromatic rings. The van der Waals surface area contributed by atoms with Crippen LogP contribution in [0.2, 0.25) is 0 Å². The van der Waals surface area contributed by atoms with Gasteiger partial charge in [-0.2, -0.15) is 13.2 Å². The number of esters is 1. The Labute approximate surface area is 217 Å². The van der Waals surface area contributed by atoms with Crippen LogP contribution >= 0.6 is 0 Å². The van der Waals surface area contributed by atoms with Gasteiger partial charge in [0.25, 0.3) is 5.91 Å². The molecule has 0 saturated carbocycles. The van der Waals surface area contributed by atoms with E-state index in [0.29, 0.717) is 17.8 Å². The van der Waals surface area contributed by atoms with Gasteiger partial charge in [-0.1, -0.05) is 44.2 Å². The first-order valence-electron chi connectivity index (χ1n) is 11.9. The lowest BCUT2D eigenvalue weighted by Crippen LogP contribution is -2.45. The molecule has 0 saturated heterocycles. The highest BCUT2D eigenvalue weighted by Crippen LogP contribution is 2.32. The van der Waals surface area contributed by atoms with Crippen molar-refractivity contribution < 1.29 is 32.3 Å². The first kappa shape index (κ1) is 26.7. The number of amides is 3. The number of alkyl halides is 3. The number of anilines is 2. The van der Waals surface area contributed by atoms with Crippen molar-refractivity contribution in [3.63, 3.8) is 0 Å². The normalized spacial score (nSPS) is 13.8. The number of ether oxygens (including phenoxy) is 1. The van der Waals surface area contributed by atoms with Crippen LogP contribution < -0.4 is 10.6 Å². The fourth-order valence-corrected chi connectivity index (χ4v) is 4.42. The van der Waals surface area contributed by atoms with Crippen LogP contribution in [0.4, 0.5) is 29.3 Å². The van der Waals surface area contributed by atoms with Crippen LogP contribution in [0.5, 0.6) is 0 Å². The van der Waals surface area contributed by atoms with Crippen molar-refractivity contribution >= 4 is 29.3 Å². The molecule has 0 fully saturated rings. The third kappa shape index (κ3) is 5.64. The van der Waals surface area contributed by atoms with E-state index in [0.717, 1.165) is 28.8 Å². The van der Waals surface area contributed by atoms with Crippen LogP contribution in [0.15, 0.2) is 66.7 Å². The Kier molecular flexibility index (Phi) is 7.43. The topological polar surface area (TPSA) is 87.7 Å². The molecule has 198 valence electrons. The number of carbonyl (C=O) groups is 3. The minimum absolute atomic E-state index is 0.0118. The van der Waals surface area contributed by atoms with Crippen LogP contribution in [-0.2, 0) is 22.3 Å². The maximum atomic E-state index is 13.1. The number of fused-ring (bicyclic) bond motifs is 1. The Morgan fingerprint density at radius 3 is 2.21 bits per heavy atom. The van der Waals surface area contributed by atoms with E-state index in [2.05, 4.69) is 10.6 Å². The Morgan fingerprint density at radius 2 is 1.58 bits per heavy atom. The molecule has 3 amide bonds. The zero-order chi connectivity index (χ0) is 27.6. The van der Waals surface area contributed by atoms with Gasteiger partial charge in [-0.3, -0.25) is 4.79 Å². The zero-order valence-corrected chi connectivity index (χ0v) is 20.9. The number of benzene rings is 3. The molecule has 0 bridgehead atoms. The molecule has 4 rings (SSSR count). The molecule has 38 heavy (non-hydrogen) atoms. The third-order valence-corrected chi connectivity index (χ3v) is 6.28. The van der Waals surface area contributed by atoms with Crippen LogP contribution in [-0.4, -0.2) is 36.0 Å². The number of carbonyl (C=O) groups excluding carboxylic acids is 3. The van der Waals surface area contributed by atoms with E-state index in [-0.39, 0.29) is 17.5 Å². The van der Waals surface area contributed by atoms with Gasteiger partial charge in [0.1, 0.15) is 6.04 Å². The van der Waals surface area contributed by atoms with Crippen molar-refractivity contribution in [2.24, 2.45) is 5.92 Å². The van der Waals surface area contributed by atoms with E-state index in [1.165, 1.54) is 24.1 Å². The van der Waals surface area contributed by atoms with Crippen molar-refractivity contribution in [3.8, 4) is 11.1 Å². The largest absolute Gasteiger partial charge is 0.467 e. The molecular weight excluding hydrogens is 499 g/mol. The lowest BCUT2D eigenvalue weighted by atomic mass is 10.00. The summed E-state index contributed by atoms with van der Waals surface area (Å²) >= 11 is 0.